The molecule has 138 valence electrons. The van der Waals surface area contributed by atoms with Crippen LogP contribution in [0.1, 0.15) is 27.0 Å². The van der Waals surface area contributed by atoms with Gasteiger partial charge in [0, 0.05) is 23.7 Å². The number of aromatic nitrogens is 4. The Labute approximate surface area is 161 Å². The van der Waals surface area contributed by atoms with Crippen molar-refractivity contribution in [1.82, 2.24) is 19.6 Å². The molecule has 1 amide bonds. The van der Waals surface area contributed by atoms with E-state index in [-0.39, 0.29) is 5.91 Å². The third-order valence-corrected chi connectivity index (χ3v) is 4.79. The van der Waals surface area contributed by atoms with Crippen molar-refractivity contribution in [2.75, 3.05) is 5.32 Å². The Bertz CT molecular complexity index is 1260. The van der Waals surface area contributed by atoms with Crippen LogP contribution in [0, 0.1) is 25.2 Å². The van der Waals surface area contributed by atoms with E-state index in [0.717, 1.165) is 22.2 Å². The molecule has 2 heterocycles. The number of benzene rings is 2. The Kier molecular flexibility index (Phi) is 4.17. The van der Waals surface area contributed by atoms with Crippen LogP contribution >= 0.6 is 0 Å². The number of anilines is 1. The molecule has 2 aromatic heterocycles. The molecule has 0 saturated heterocycles. The van der Waals surface area contributed by atoms with E-state index in [1.54, 1.807) is 40.8 Å². The normalized spacial score (nSPS) is 10.8. The van der Waals surface area contributed by atoms with E-state index in [4.69, 9.17) is 0 Å². The van der Waals surface area contributed by atoms with Crippen LogP contribution in [0.15, 0.2) is 48.9 Å². The van der Waals surface area contributed by atoms with Crippen LogP contribution in [0.3, 0.4) is 0 Å². The Balaban J connectivity index is 1.71. The summed E-state index contributed by atoms with van der Waals surface area (Å²) in [5.74, 6) is -0.237. The highest BCUT2D eigenvalue weighted by Crippen LogP contribution is 2.24. The predicted molar refractivity (Wildman–Crippen MR) is 106 cm³/mol. The summed E-state index contributed by atoms with van der Waals surface area (Å²) >= 11 is 0. The summed E-state index contributed by atoms with van der Waals surface area (Å²) in [7, 11) is 1.85. The summed E-state index contributed by atoms with van der Waals surface area (Å²) < 4.78 is 3.49. The number of carbonyl (C=O) groups excluding carboxylic acids is 1. The summed E-state index contributed by atoms with van der Waals surface area (Å²) in [5.41, 5.74) is 4.90. The van der Waals surface area contributed by atoms with Crippen LogP contribution in [-0.2, 0) is 7.05 Å². The quantitative estimate of drug-likeness (QED) is 0.598. The molecule has 7 nitrogen and oxygen atoms in total. The minimum Gasteiger partial charge on any atom is -0.322 e. The first-order valence-electron chi connectivity index (χ1n) is 8.76. The molecule has 0 bridgehead atoms. The molecule has 0 aliphatic heterocycles. The van der Waals surface area contributed by atoms with E-state index in [2.05, 4.69) is 21.6 Å². The van der Waals surface area contributed by atoms with Gasteiger partial charge in [-0.2, -0.15) is 15.5 Å². The van der Waals surface area contributed by atoms with Gasteiger partial charge in [0.2, 0.25) is 0 Å². The smallest absolute Gasteiger partial charge is 0.256 e. The monoisotopic (exact) mass is 370 g/mol. The van der Waals surface area contributed by atoms with E-state index in [1.807, 2.05) is 38.4 Å². The van der Waals surface area contributed by atoms with Gasteiger partial charge in [0.25, 0.3) is 5.91 Å². The van der Waals surface area contributed by atoms with Crippen molar-refractivity contribution in [1.29, 1.82) is 5.26 Å². The van der Waals surface area contributed by atoms with E-state index in [9.17, 15) is 10.1 Å². The number of hydrogen-bond acceptors (Lipinski definition) is 4. The van der Waals surface area contributed by atoms with Crippen molar-refractivity contribution < 1.29 is 4.79 Å². The number of fused-ring (bicyclic) bond motifs is 1. The average molecular weight is 370 g/mol. The largest absolute Gasteiger partial charge is 0.322 e. The SMILES string of the molecule is Cc1ccc(C#N)c(C)c1C(=O)Nc1ccc2cnn(-c3cnn(C)c3)c2c1. The lowest BCUT2D eigenvalue weighted by molar-refractivity contribution is 0.102. The van der Waals surface area contributed by atoms with Crippen molar-refractivity contribution in [3.05, 3.63) is 71.2 Å². The number of nitriles is 1. The minimum absolute atomic E-state index is 0.237. The lowest BCUT2D eigenvalue weighted by Crippen LogP contribution is -2.15. The van der Waals surface area contributed by atoms with Gasteiger partial charge in [0.15, 0.2) is 0 Å². The van der Waals surface area contributed by atoms with Crippen LogP contribution in [0.2, 0.25) is 0 Å². The van der Waals surface area contributed by atoms with Gasteiger partial charge < -0.3 is 5.32 Å². The third-order valence-electron chi connectivity index (χ3n) is 4.79. The zero-order valence-electron chi connectivity index (χ0n) is 15.8. The number of rotatable bonds is 3. The van der Waals surface area contributed by atoms with Crippen LogP contribution in [-0.4, -0.2) is 25.5 Å². The highest BCUT2D eigenvalue weighted by atomic mass is 16.1. The molecule has 0 saturated carbocycles. The van der Waals surface area contributed by atoms with Crippen LogP contribution < -0.4 is 5.32 Å². The Hall–Kier alpha value is -3.92. The summed E-state index contributed by atoms with van der Waals surface area (Å²) in [6.45, 7) is 3.66. The highest BCUT2D eigenvalue weighted by molar-refractivity contribution is 6.07. The summed E-state index contributed by atoms with van der Waals surface area (Å²) in [5, 5.41) is 21.8. The molecule has 0 spiro atoms. The second kappa shape index (κ2) is 6.67. The summed E-state index contributed by atoms with van der Waals surface area (Å²) in [6, 6.07) is 11.3. The van der Waals surface area contributed by atoms with Crippen LogP contribution in [0.4, 0.5) is 5.69 Å². The Morgan fingerprint density at radius 1 is 1.14 bits per heavy atom. The van der Waals surface area contributed by atoms with Crippen molar-refractivity contribution in [3.63, 3.8) is 0 Å². The van der Waals surface area contributed by atoms with Gasteiger partial charge in [-0.05, 0) is 49.2 Å². The molecule has 0 aliphatic carbocycles. The zero-order valence-corrected chi connectivity index (χ0v) is 15.8. The van der Waals surface area contributed by atoms with Gasteiger partial charge in [0.05, 0.1) is 35.7 Å². The molecule has 28 heavy (non-hydrogen) atoms. The number of carbonyl (C=O) groups is 1. The standard InChI is InChI=1S/C21H18N6O/c1-13-4-5-15(9-22)14(2)20(13)21(28)25-17-7-6-16-10-24-27(19(16)8-17)18-11-23-26(3)12-18/h4-8,10-12H,1-3H3,(H,25,28). The van der Waals surface area contributed by atoms with Crippen molar-refractivity contribution in [2.24, 2.45) is 7.05 Å². The van der Waals surface area contributed by atoms with Gasteiger partial charge in [0.1, 0.15) is 5.69 Å². The van der Waals surface area contributed by atoms with Crippen LogP contribution in [0.5, 0.6) is 0 Å². The molecule has 2 aromatic carbocycles. The lowest BCUT2D eigenvalue weighted by Gasteiger charge is -2.12. The molecule has 4 aromatic rings. The maximum atomic E-state index is 12.9. The number of nitrogens with one attached hydrogen (secondary N) is 1. The van der Waals surface area contributed by atoms with E-state index in [0.29, 0.717) is 22.4 Å². The van der Waals surface area contributed by atoms with Gasteiger partial charge in [-0.1, -0.05) is 6.07 Å². The number of hydrogen-bond donors (Lipinski definition) is 1. The molecule has 0 unspecified atom stereocenters. The van der Waals surface area contributed by atoms with Crippen molar-refractivity contribution in [2.45, 2.75) is 13.8 Å². The molecule has 1 N–H and O–H groups in total. The molecule has 4 rings (SSSR count). The second-order valence-electron chi connectivity index (χ2n) is 6.70. The number of amides is 1. The maximum Gasteiger partial charge on any atom is 0.256 e. The first-order chi connectivity index (χ1) is 13.5. The number of aryl methyl sites for hydroxylation is 2. The first-order valence-corrected chi connectivity index (χ1v) is 8.76. The van der Waals surface area contributed by atoms with Gasteiger partial charge in [-0.25, -0.2) is 4.68 Å². The average Bonchev–Trinajstić information content (AvgIpc) is 3.27. The highest BCUT2D eigenvalue weighted by Gasteiger charge is 2.16. The molecule has 0 fully saturated rings. The first kappa shape index (κ1) is 17.5. The molecule has 0 aliphatic rings. The Morgan fingerprint density at radius 2 is 1.96 bits per heavy atom. The molecular weight excluding hydrogens is 352 g/mol. The van der Waals surface area contributed by atoms with Gasteiger partial charge in [-0.15, -0.1) is 0 Å². The lowest BCUT2D eigenvalue weighted by atomic mass is 9.97. The second-order valence-corrected chi connectivity index (χ2v) is 6.70. The Morgan fingerprint density at radius 3 is 2.68 bits per heavy atom. The third kappa shape index (κ3) is 2.91. The maximum absolute atomic E-state index is 12.9. The summed E-state index contributed by atoms with van der Waals surface area (Å²) in [6.07, 6.45) is 5.38. The fourth-order valence-electron chi connectivity index (χ4n) is 3.33. The molecule has 0 atom stereocenters. The predicted octanol–water partition coefficient (Wildman–Crippen LogP) is 3.50. The fourth-order valence-corrected chi connectivity index (χ4v) is 3.33. The van der Waals surface area contributed by atoms with Gasteiger partial charge >= 0.3 is 0 Å². The zero-order chi connectivity index (χ0) is 19.8. The number of nitrogens with zero attached hydrogens (tertiary/aromatic N) is 5. The fraction of sp³-hybridized carbons (Fsp3) is 0.143. The topological polar surface area (TPSA) is 88.5 Å². The summed E-state index contributed by atoms with van der Waals surface area (Å²) in [4.78, 5) is 12.9. The van der Waals surface area contributed by atoms with E-state index in [1.165, 1.54) is 0 Å². The van der Waals surface area contributed by atoms with E-state index >= 15 is 0 Å². The minimum atomic E-state index is -0.237. The van der Waals surface area contributed by atoms with Crippen LogP contribution in [0.25, 0.3) is 16.6 Å². The molecular formula is C21H18N6O. The molecule has 0 radical (unpaired) electrons. The molecule has 7 heteroatoms. The van der Waals surface area contributed by atoms with Crippen molar-refractivity contribution in [3.8, 4) is 11.8 Å². The van der Waals surface area contributed by atoms with E-state index < -0.39 is 0 Å². The van der Waals surface area contributed by atoms with Gasteiger partial charge in [-0.3, -0.25) is 9.48 Å². The van der Waals surface area contributed by atoms with Crippen molar-refractivity contribution >= 4 is 22.5 Å².